The van der Waals surface area contributed by atoms with Crippen LogP contribution in [0.15, 0.2) is 18.7 Å². The molecule has 2 N–H and O–H groups in total. The summed E-state index contributed by atoms with van der Waals surface area (Å²) in [5, 5.41) is 0. The summed E-state index contributed by atoms with van der Waals surface area (Å²) in [6.07, 6.45) is 11.4. The minimum absolute atomic E-state index is 0.0727. The molecule has 0 bridgehead atoms. The Morgan fingerprint density at radius 2 is 2.05 bits per heavy atom. The van der Waals surface area contributed by atoms with Gasteiger partial charge in [0, 0.05) is 32.1 Å². The van der Waals surface area contributed by atoms with Gasteiger partial charge in [0.25, 0.3) is 0 Å². The van der Waals surface area contributed by atoms with E-state index in [9.17, 15) is 0 Å². The fraction of sp³-hybridized carbons (Fsp3) is 0.824. The van der Waals surface area contributed by atoms with Gasteiger partial charge in [0.15, 0.2) is 0 Å². The normalized spacial score (nSPS) is 27.0. The molecule has 0 aromatic carbocycles. The van der Waals surface area contributed by atoms with E-state index in [-0.39, 0.29) is 5.60 Å². The highest BCUT2D eigenvalue weighted by atomic mass is 16.5. The second-order valence-electron chi connectivity index (χ2n) is 7.53. The van der Waals surface area contributed by atoms with Gasteiger partial charge < -0.3 is 15.0 Å². The summed E-state index contributed by atoms with van der Waals surface area (Å²) in [6, 6.07) is 0. The monoisotopic (exact) mass is 293 g/mol. The van der Waals surface area contributed by atoms with E-state index in [1.54, 1.807) is 0 Å². The molecular weight excluding hydrogens is 262 g/mol. The van der Waals surface area contributed by atoms with Crippen molar-refractivity contribution in [1.82, 2.24) is 9.55 Å². The summed E-state index contributed by atoms with van der Waals surface area (Å²) < 4.78 is 8.31. The Bertz CT molecular complexity index is 400. The van der Waals surface area contributed by atoms with Crippen molar-refractivity contribution in [3.8, 4) is 0 Å². The quantitative estimate of drug-likeness (QED) is 0.819. The fourth-order valence-electron chi connectivity index (χ4n) is 3.37. The Kier molecular flexibility index (Phi) is 5.44. The number of rotatable bonds is 6. The lowest BCUT2D eigenvalue weighted by Crippen LogP contribution is -2.45. The molecule has 1 saturated carbocycles. The molecule has 1 aromatic rings. The highest BCUT2D eigenvalue weighted by Crippen LogP contribution is 2.42. The average Bonchev–Trinajstić information content (AvgIpc) is 2.96. The number of ether oxygens (including phenoxy) is 1. The number of hydrogen-bond donors (Lipinski definition) is 1. The van der Waals surface area contributed by atoms with Crippen molar-refractivity contribution in [3.05, 3.63) is 18.7 Å². The van der Waals surface area contributed by atoms with Crippen molar-refractivity contribution in [2.24, 2.45) is 17.1 Å². The maximum atomic E-state index is 6.22. The second-order valence-corrected chi connectivity index (χ2v) is 7.53. The summed E-state index contributed by atoms with van der Waals surface area (Å²) >= 11 is 0. The maximum Gasteiger partial charge on any atom is 0.0945 e. The highest BCUT2D eigenvalue weighted by Gasteiger charge is 2.38. The zero-order chi connectivity index (χ0) is 15.3. The first kappa shape index (κ1) is 16.5. The minimum Gasteiger partial charge on any atom is -0.374 e. The van der Waals surface area contributed by atoms with Gasteiger partial charge in [0.2, 0.25) is 0 Å². The maximum absolute atomic E-state index is 6.22. The van der Waals surface area contributed by atoms with Gasteiger partial charge >= 0.3 is 0 Å². The molecule has 0 amide bonds. The van der Waals surface area contributed by atoms with Crippen LogP contribution in [0.25, 0.3) is 0 Å². The number of imidazole rings is 1. The third-order valence-corrected chi connectivity index (χ3v) is 5.02. The van der Waals surface area contributed by atoms with Gasteiger partial charge in [0.1, 0.15) is 0 Å². The Morgan fingerprint density at radius 3 is 2.57 bits per heavy atom. The first-order valence-corrected chi connectivity index (χ1v) is 8.25. The third kappa shape index (κ3) is 4.55. The minimum atomic E-state index is -0.0727. The lowest BCUT2D eigenvalue weighted by atomic mass is 9.68. The predicted molar refractivity (Wildman–Crippen MR) is 86.0 cm³/mol. The molecule has 1 aliphatic carbocycles. The lowest BCUT2D eigenvalue weighted by molar-refractivity contribution is -0.0810. The topological polar surface area (TPSA) is 53.1 Å². The van der Waals surface area contributed by atoms with Crippen LogP contribution in [0.2, 0.25) is 0 Å². The fourth-order valence-corrected chi connectivity index (χ4v) is 3.37. The van der Waals surface area contributed by atoms with Crippen molar-refractivity contribution in [2.75, 3.05) is 13.2 Å². The molecule has 4 nitrogen and oxygen atoms in total. The summed E-state index contributed by atoms with van der Waals surface area (Å²) in [6.45, 7) is 9.44. The zero-order valence-electron chi connectivity index (χ0n) is 13.8. The van der Waals surface area contributed by atoms with Crippen LogP contribution in [0.3, 0.4) is 0 Å². The SMILES string of the molecule is CC(C)(C)C1CCC(CN)(OCCCn2ccnc2)CC1. The van der Waals surface area contributed by atoms with Crippen molar-refractivity contribution < 1.29 is 4.74 Å². The number of aromatic nitrogens is 2. The van der Waals surface area contributed by atoms with Crippen LogP contribution in [-0.2, 0) is 11.3 Å². The van der Waals surface area contributed by atoms with E-state index >= 15 is 0 Å². The van der Waals surface area contributed by atoms with Crippen molar-refractivity contribution in [3.63, 3.8) is 0 Å². The zero-order valence-corrected chi connectivity index (χ0v) is 13.8. The second kappa shape index (κ2) is 6.93. The van der Waals surface area contributed by atoms with Crippen LogP contribution >= 0.6 is 0 Å². The molecule has 120 valence electrons. The van der Waals surface area contributed by atoms with E-state index in [1.807, 2.05) is 18.7 Å². The van der Waals surface area contributed by atoms with Crippen LogP contribution in [0.4, 0.5) is 0 Å². The van der Waals surface area contributed by atoms with E-state index in [4.69, 9.17) is 10.5 Å². The molecule has 21 heavy (non-hydrogen) atoms. The Hall–Kier alpha value is -0.870. The molecular formula is C17H31N3O. The summed E-state index contributed by atoms with van der Waals surface area (Å²) in [5.41, 5.74) is 6.36. The van der Waals surface area contributed by atoms with E-state index in [2.05, 4.69) is 30.3 Å². The Labute approximate surface area is 129 Å². The smallest absolute Gasteiger partial charge is 0.0945 e. The van der Waals surface area contributed by atoms with Crippen molar-refractivity contribution in [1.29, 1.82) is 0 Å². The number of aryl methyl sites for hydroxylation is 1. The van der Waals surface area contributed by atoms with Gasteiger partial charge in [-0.1, -0.05) is 20.8 Å². The van der Waals surface area contributed by atoms with Gasteiger partial charge in [-0.3, -0.25) is 0 Å². The predicted octanol–water partition coefficient (Wildman–Crippen LogP) is 3.22. The third-order valence-electron chi connectivity index (χ3n) is 5.02. The molecule has 0 aliphatic heterocycles. The number of nitrogens with zero attached hydrogens (tertiary/aromatic N) is 2. The molecule has 1 heterocycles. The molecule has 0 spiro atoms. The standard InChI is InChI=1S/C17H31N3O/c1-16(2,3)15-5-7-17(13-18,8-6-15)21-12-4-10-20-11-9-19-14-20/h9,11,14-15H,4-8,10,12-13,18H2,1-3H3. The Balaban J connectivity index is 1.75. The number of hydrogen-bond acceptors (Lipinski definition) is 3. The van der Waals surface area contributed by atoms with Gasteiger partial charge in [-0.05, 0) is 43.4 Å². The Morgan fingerprint density at radius 1 is 1.33 bits per heavy atom. The first-order valence-electron chi connectivity index (χ1n) is 8.25. The summed E-state index contributed by atoms with van der Waals surface area (Å²) in [7, 11) is 0. The molecule has 1 fully saturated rings. The van der Waals surface area contributed by atoms with Gasteiger partial charge in [0.05, 0.1) is 11.9 Å². The van der Waals surface area contributed by atoms with Gasteiger partial charge in [-0.25, -0.2) is 4.98 Å². The molecule has 4 heteroatoms. The molecule has 0 saturated heterocycles. The number of nitrogens with two attached hydrogens (primary N) is 1. The van der Waals surface area contributed by atoms with E-state index in [0.29, 0.717) is 12.0 Å². The molecule has 0 atom stereocenters. The molecule has 0 unspecified atom stereocenters. The van der Waals surface area contributed by atoms with E-state index in [0.717, 1.165) is 38.3 Å². The summed E-state index contributed by atoms with van der Waals surface area (Å²) in [5.74, 6) is 0.798. The van der Waals surface area contributed by atoms with Crippen LogP contribution in [0, 0.1) is 11.3 Å². The van der Waals surface area contributed by atoms with Gasteiger partial charge in [-0.2, -0.15) is 0 Å². The van der Waals surface area contributed by atoms with Crippen LogP contribution in [0.1, 0.15) is 52.9 Å². The lowest BCUT2D eigenvalue weighted by Gasteiger charge is -2.43. The van der Waals surface area contributed by atoms with Crippen molar-refractivity contribution >= 4 is 0 Å². The van der Waals surface area contributed by atoms with Crippen LogP contribution in [-0.4, -0.2) is 28.3 Å². The van der Waals surface area contributed by atoms with Crippen molar-refractivity contribution in [2.45, 2.75) is 65.0 Å². The van der Waals surface area contributed by atoms with Crippen LogP contribution < -0.4 is 5.73 Å². The summed E-state index contributed by atoms with van der Waals surface area (Å²) in [4.78, 5) is 4.05. The van der Waals surface area contributed by atoms with E-state index in [1.165, 1.54) is 12.8 Å². The molecule has 1 aromatic heterocycles. The highest BCUT2D eigenvalue weighted by molar-refractivity contribution is 4.91. The van der Waals surface area contributed by atoms with E-state index < -0.39 is 0 Å². The first-order chi connectivity index (χ1) is 9.95. The largest absolute Gasteiger partial charge is 0.374 e. The molecule has 2 rings (SSSR count). The average molecular weight is 293 g/mol. The molecule has 1 aliphatic rings. The molecule has 0 radical (unpaired) electrons. The van der Waals surface area contributed by atoms with Gasteiger partial charge in [-0.15, -0.1) is 0 Å². The van der Waals surface area contributed by atoms with Crippen LogP contribution in [0.5, 0.6) is 0 Å².